The van der Waals surface area contributed by atoms with Crippen LogP contribution in [-0.2, 0) is 8.85 Å². The van der Waals surface area contributed by atoms with E-state index in [4.69, 9.17) is 8.85 Å². The molecule has 0 heterocycles. The smallest absolute Gasteiger partial charge is 0.362 e. The fraction of sp³-hybridized carbons (Fsp3) is 0.579. The van der Waals surface area contributed by atoms with Crippen LogP contribution in [0.15, 0.2) is 60.7 Å². The lowest BCUT2D eigenvalue weighted by Gasteiger charge is -2.50. The Labute approximate surface area is 250 Å². The molecule has 2 aromatic carbocycles. The molecule has 0 saturated heterocycles. The summed E-state index contributed by atoms with van der Waals surface area (Å²) in [5, 5.41) is 0. The van der Waals surface area contributed by atoms with Gasteiger partial charge in [0.05, 0.1) is 12.2 Å². The number of rotatable bonds is 8. The second-order valence-corrected chi connectivity index (χ2v) is 17.8. The van der Waals surface area contributed by atoms with Gasteiger partial charge in [-0.3, -0.25) is 0 Å². The Kier molecular flexibility index (Phi) is 8.51. The molecule has 8 atom stereocenters. The monoisotopic (exact) mass is 568 g/mol. The Balaban J connectivity index is 1.52. The van der Waals surface area contributed by atoms with Gasteiger partial charge in [0.25, 0.3) is 0 Å². The van der Waals surface area contributed by atoms with E-state index in [1.807, 2.05) is 0 Å². The molecule has 6 rings (SSSR count). The van der Waals surface area contributed by atoms with Crippen LogP contribution in [0.25, 0.3) is 12.2 Å². The molecule has 0 bridgehead atoms. The highest BCUT2D eigenvalue weighted by Crippen LogP contribution is 2.52. The number of hydrogen-bond acceptors (Lipinski definition) is 2. The summed E-state index contributed by atoms with van der Waals surface area (Å²) in [6, 6.07) is 18.1. The average molecular weight is 569 g/mol. The largest absolute Gasteiger partial charge is 0.390 e. The maximum atomic E-state index is 7.99. The Hall–Kier alpha value is -1.94. The lowest BCUT2D eigenvalue weighted by atomic mass is 9.75. The summed E-state index contributed by atoms with van der Waals surface area (Å²) in [4.78, 5) is 0. The number of hydrogen-bond donors (Lipinski definition) is 0. The maximum Gasteiger partial charge on any atom is 0.362 e. The van der Waals surface area contributed by atoms with Gasteiger partial charge in [-0.2, -0.15) is 0 Å². The van der Waals surface area contributed by atoms with E-state index >= 15 is 0 Å². The molecular weight excluding hydrogens is 517 g/mol. The SMILES string of the molecule is CC(C)[C@H]1CC[C@H](C)C[C@@H]1O[Si](O[C@H]1C[C@@H](C)CC[C@@H]1C(C)C)(C1C=Cc2ccccc21)C1C=Cc2ccccc21. The molecule has 0 aromatic heterocycles. The first-order chi connectivity index (χ1) is 19.8. The van der Waals surface area contributed by atoms with Crippen molar-refractivity contribution < 1.29 is 8.85 Å². The quantitative estimate of drug-likeness (QED) is 0.295. The van der Waals surface area contributed by atoms with E-state index in [1.54, 1.807) is 0 Å². The normalized spacial score (nSPS) is 33.0. The third kappa shape index (κ3) is 5.59. The minimum absolute atomic E-state index is 0.176. The molecule has 0 amide bonds. The molecule has 2 nitrogen and oxygen atoms in total. The zero-order valence-electron chi connectivity index (χ0n) is 26.3. The highest BCUT2D eigenvalue weighted by molar-refractivity contribution is 6.72. The van der Waals surface area contributed by atoms with Crippen molar-refractivity contribution in [2.24, 2.45) is 35.5 Å². The zero-order valence-corrected chi connectivity index (χ0v) is 27.3. The Bertz CT molecular complexity index is 1160. The predicted molar refractivity (Wildman–Crippen MR) is 175 cm³/mol. The van der Waals surface area contributed by atoms with Crippen molar-refractivity contribution in [3.63, 3.8) is 0 Å². The van der Waals surface area contributed by atoms with E-state index in [9.17, 15) is 0 Å². The molecule has 0 spiro atoms. The predicted octanol–water partition coefficient (Wildman–Crippen LogP) is 10.1. The van der Waals surface area contributed by atoms with Gasteiger partial charge in [0.1, 0.15) is 0 Å². The van der Waals surface area contributed by atoms with Crippen LogP contribution in [0.2, 0.25) is 0 Å². The highest BCUT2D eigenvalue weighted by atomic mass is 28.4. The summed E-state index contributed by atoms with van der Waals surface area (Å²) in [7, 11) is -3.01. The Morgan fingerprint density at radius 1 is 0.610 bits per heavy atom. The van der Waals surface area contributed by atoms with Gasteiger partial charge in [-0.05, 0) is 83.4 Å². The summed E-state index contributed by atoms with van der Waals surface area (Å²) in [5.74, 6) is 3.75. The van der Waals surface area contributed by atoms with E-state index in [0.717, 1.165) is 12.8 Å². The zero-order chi connectivity index (χ0) is 28.7. The van der Waals surface area contributed by atoms with Crippen LogP contribution in [0.3, 0.4) is 0 Å². The fourth-order valence-electron chi connectivity index (χ4n) is 8.69. The lowest BCUT2D eigenvalue weighted by Crippen LogP contribution is -2.59. The van der Waals surface area contributed by atoms with Crippen LogP contribution in [0.5, 0.6) is 0 Å². The molecule has 4 aliphatic carbocycles. The second-order valence-electron chi connectivity index (χ2n) is 14.6. The minimum Gasteiger partial charge on any atom is -0.390 e. The van der Waals surface area contributed by atoms with E-state index in [0.29, 0.717) is 35.5 Å². The van der Waals surface area contributed by atoms with Crippen molar-refractivity contribution in [1.29, 1.82) is 0 Å². The van der Waals surface area contributed by atoms with Gasteiger partial charge in [-0.15, -0.1) is 0 Å². The Morgan fingerprint density at radius 3 is 1.44 bits per heavy atom. The van der Waals surface area contributed by atoms with Crippen LogP contribution in [0, 0.1) is 35.5 Å². The van der Waals surface area contributed by atoms with Crippen molar-refractivity contribution in [3.8, 4) is 0 Å². The van der Waals surface area contributed by atoms with Crippen LogP contribution < -0.4 is 0 Å². The van der Waals surface area contributed by atoms with Crippen LogP contribution in [-0.4, -0.2) is 20.8 Å². The van der Waals surface area contributed by atoms with E-state index in [1.165, 1.54) is 47.9 Å². The molecule has 4 aliphatic rings. The fourth-order valence-corrected chi connectivity index (χ4v) is 13.3. The second kappa shape index (κ2) is 12.0. The average Bonchev–Trinajstić information content (AvgIpc) is 3.58. The third-order valence-electron chi connectivity index (χ3n) is 11.1. The first-order valence-electron chi connectivity index (χ1n) is 16.7. The van der Waals surface area contributed by atoms with Gasteiger partial charge in [0.2, 0.25) is 0 Å². The highest BCUT2D eigenvalue weighted by Gasteiger charge is 2.58. The molecule has 2 saturated carbocycles. The molecule has 2 unspecified atom stereocenters. The minimum atomic E-state index is -3.01. The van der Waals surface area contributed by atoms with Crippen molar-refractivity contribution in [2.45, 2.75) is 103 Å². The maximum absolute atomic E-state index is 7.99. The van der Waals surface area contributed by atoms with Crippen LogP contribution in [0.1, 0.15) is 113 Å². The van der Waals surface area contributed by atoms with E-state index in [2.05, 4.69) is 114 Å². The molecule has 2 fully saturated rings. The summed E-state index contributed by atoms with van der Waals surface area (Å²) < 4.78 is 16.0. The lowest BCUT2D eigenvalue weighted by molar-refractivity contribution is -0.0320. The van der Waals surface area contributed by atoms with E-state index < -0.39 is 8.56 Å². The molecular formula is C38H52O2Si. The first-order valence-corrected chi connectivity index (χ1v) is 18.6. The van der Waals surface area contributed by atoms with Gasteiger partial charge >= 0.3 is 8.56 Å². The molecule has 41 heavy (non-hydrogen) atoms. The van der Waals surface area contributed by atoms with Gasteiger partial charge in [-0.25, -0.2) is 0 Å². The molecule has 220 valence electrons. The van der Waals surface area contributed by atoms with Crippen LogP contribution in [0.4, 0.5) is 0 Å². The number of fused-ring (bicyclic) bond motifs is 2. The van der Waals surface area contributed by atoms with Crippen molar-refractivity contribution in [1.82, 2.24) is 0 Å². The van der Waals surface area contributed by atoms with Crippen molar-refractivity contribution >= 4 is 20.7 Å². The molecule has 0 radical (unpaired) electrons. The summed E-state index contributed by atoms with van der Waals surface area (Å²) in [5.41, 5.74) is 5.85. The molecule has 0 aliphatic heterocycles. The van der Waals surface area contributed by atoms with E-state index in [-0.39, 0.29) is 23.3 Å². The molecule has 2 aromatic rings. The summed E-state index contributed by atoms with van der Waals surface area (Å²) >= 11 is 0. The Morgan fingerprint density at radius 2 is 1.02 bits per heavy atom. The standard InChI is InChI=1S/C38H52O2Si/c1-25(2)31-19-15-27(5)23-35(31)39-41(37-21-17-29-11-7-9-13-33(29)37,38-22-18-30-12-8-10-14-34(30)38)40-36-24-28(6)16-20-32(36)26(3)4/h7-14,17-18,21-22,25-28,31-32,35-38H,15-16,19-20,23-24H2,1-6H3/t27-,28-,31+,32+,35-,36-,37?,38?/m0/s1. The number of allylic oxidation sites excluding steroid dienone is 2. The van der Waals surface area contributed by atoms with Gasteiger partial charge in [0, 0.05) is 11.1 Å². The topological polar surface area (TPSA) is 18.5 Å². The third-order valence-corrected chi connectivity index (χ3v) is 15.1. The summed E-state index contributed by atoms with van der Waals surface area (Å²) in [6.07, 6.45) is 17.6. The molecule has 3 heteroatoms. The van der Waals surface area contributed by atoms with Crippen molar-refractivity contribution in [2.75, 3.05) is 0 Å². The first kappa shape index (κ1) is 29.1. The number of benzene rings is 2. The van der Waals surface area contributed by atoms with Gasteiger partial charge < -0.3 is 8.85 Å². The van der Waals surface area contributed by atoms with Crippen LogP contribution >= 0.6 is 0 Å². The van der Waals surface area contributed by atoms with Gasteiger partial charge in [-0.1, -0.05) is 127 Å². The van der Waals surface area contributed by atoms with Gasteiger partial charge in [0.15, 0.2) is 0 Å². The van der Waals surface area contributed by atoms with Crippen molar-refractivity contribution in [3.05, 3.63) is 82.9 Å². The molecule has 0 N–H and O–H groups in total. The summed E-state index contributed by atoms with van der Waals surface area (Å²) in [6.45, 7) is 14.5.